The second kappa shape index (κ2) is 8.16. The number of aliphatic hydroxyl groups excluding tert-OH is 1. The summed E-state index contributed by atoms with van der Waals surface area (Å²) in [4.78, 5) is 22.4. The highest BCUT2D eigenvalue weighted by Gasteiger charge is 2.30. The van der Waals surface area contributed by atoms with E-state index in [9.17, 15) is 14.7 Å². The van der Waals surface area contributed by atoms with Gasteiger partial charge in [-0.2, -0.15) is 0 Å². The van der Waals surface area contributed by atoms with Crippen LogP contribution in [0.25, 0.3) is 0 Å². The largest absolute Gasteiger partial charge is 0.493 e. The molecule has 6 nitrogen and oxygen atoms in total. The van der Waals surface area contributed by atoms with Gasteiger partial charge in [0.2, 0.25) is 6.41 Å². The van der Waals surface area contributed by atoms with Gasteiger partial charge in [-0.05, 0) is 19.9 Å². The van der Waals surface area contributed by atoms with Crippen LogP contribution in [-0.2, 0) is 14.3 Å². The molecular weight excluding hydrogens is 262 g/mol. The van der Waals surface area contributed by atoms with Crippen LogP contribution in [0.4, 0.5) is 0 Å². The zero-order chi connectivity index (χ0) is 15.0. The van der Waals surface area contributed by atoms with Crippen molar-refractivity contribution in [1.29, 1.82) is 0 Å². The number of carbonyl (C=O) groups is 2. The van der Waals surface area contributed by atoms with Crippen molar-refractivity contribution in [2.45, 2.75) is 26.0 Å². The number of para-hydroxylation sites is 1. The van der Waals surface area contributed by atoms with Crippen LogP contribution in [0, 0.1) is 0 Å². The highest BCUT2D eigenvalue weighted by atomic mass is 16.5. The summed E-state index contributed by atoms with van der Waals surface area (Å²) in [7, 11) is 0. The highest BCUT2D eigenvalue weighted by molar-refractivity contribution is 5.79. The van der Waals surface area contributed by atoms with Crippen LogP contribution in [0.1, 0.15) is 25.5 Å². The number of esters is 1. The van der Waals surface area contributed by atoms with Crippen LogP contribution in [0.2, 0.25) is 0 Å². The summed E-state index contributed by atoms with van der Waals surface area (Å²) in [6, 6.07) is 5.62. The molecule has 0 spiro atoms. The third-order valence-electron chi connectivity index (χ3n) is 2.64. The van der Waals surface area contributed by atoms with Gasteiger partial charge in [0.25, 0.3) is 0 Å². The third-order valence-corrected chi connectivity index (χ3v) is 2.64. The number of rotatable bonds is 8. The summed E-state index contributed by atoms with van der Waals surface area (Å²) in [6.45, 7) is 4.05. The average Bonchev–Trinajstić information content (AvgIpc) is 2.45. The topological polar surface area (TPSA) is 84.9 Å². The van der Waals surface area contributed by atoms with E-state index < -0.39 is 18.1 Å². The van der Waals surface area contributed by atoms with Gasteiger partial charge in [0.1, 0.15) is 11.9 Å². The number of benzene rings is 1. The van der Waals surface area contributed by atoms with E-state index in [1.165, 1.54) is 0 Å². The van der Waals surface area contributed by atoms with E-state index in [4.69, 9.17) is 9.47 Å². The lowest BCUT2D eigenvalue weighted by Gasteiger charge is -2.22. The first-order chi connectivity index (χ1) is 9.65. The lowest BCUT2D eigenvalue weighted by molar-refractivity contribution is -0.149. The molecule has 0 aliphatic heterocycles. The zero-order valence-corrected chi connectivity index (χ0v) is 11.5. The highest BCUT2D eigenvalue weighted by Crippen LogP contribution is 2.27. The lowest BCUT2D eigenvalue weighted by Crippen LogP contribution is -2.42. The van der Waals surface area contributed by atoms with E-state index in [1.807, 2.05) is 6.92 Å². The van der Waals surface area contributed by atoms with Crippen molar-refractivity contribution in [2.75, 3.05) is 13.2 Å². The molecule has 0 bridgehead atoms. The van der Waals surface area contributed by atoms with E-state index in [0.717, 1.165) is 0 Å². The summed E-state index contributed by atoms with van der Waals surface area (Å²) in [5, 5.41) is 12.6. The number of aliphatic hydroxyl groups is 1. The molecule has 0 saturated carbocycles. The minimum absolute atomic E-state index is 0.162. The Morgan fingerprint density at radius 3 is 2.65 bits per heavy atom. The predicted octanol–water partition coefficient (Wildman–Crippen LogP) is 0.796. The van der Waals surface area contributed by atoms with E-state index in [2.05, 4.69) is 5.32 Å². The summed E-state index contributed by atoms with van der Waals surface area (Å²) < 4.78 is 10.2. The molecule has 0 aliphatic carbocycles. The molecule has 20 heavy (non-hydrogen) atoms. The normalized spacial score (nSPS) is 13.2. The Labute approximate surface area is 117 Å². The first kappa shape index (κ1) is 16.0. The van der Waals surface area contributed by atoms with E-state index >= 15 is 0 Å². The van der Waals surface area contributed by atoms with Crippen molar-refractivity contribution in [1.82, 2.24) is 5.32 Å². The van der Waals surface area contributed by atoms with Crippen LogP contribution < -0.4 is 10.1 Å². The molecule has 0 heterocycles. The molecule has 1 amide bonds. The number of hydrogen-bond acceptors (Lipinski definition) is 5. The molecule has 1 rings (SSSR count). The maximum Gasteiger partial charge on any atom is 0.331 e. The quantitative estimate of drug-likeness (QED) is 0.544. The summed E-state index contributed by atoms with van der Waals surface area (Å²) in [6.07, 6.45) is -0.893. The van der Waals surface area contributed by atoms with Gasteiger partial charge in [-0.1, -0.05) is 18.2 Å². The number of ether oxygens (including phenoxy) is 2. The summed E-state index contributed by atoms with van der Waals surface area (Å²) in [5.41, 5.74) is 0.418. The van der Waals surface area contributed by atoms with Crippen LogP contribution in [-0.4, -0.2) is 36.7 Å². The van der Waals surface area contributed by atoms with Crippen molar-refractivity contribution >= 4 is 12.4 Å². The summed E-state index contributed by atoms with van der Waals surface area (Å²) in [5.74, 6) is -0.233. The molecule has 0 aromatic heterocycles. The maximum atomic E-state index is 11.8. The molecule has 0 saturated heterocycles. The Hall–Kier alpha value is -2.08. The second-order valence-corrected chi connectivity index (χ2v) is 3.93. The van der Waals surface area contributed by atoms with Crippen molar-refractivity contribution < 1.29 is 24.2 Å². The second-order valence-electron chi connectivity index (χ2n) is 3.93. The Morgan fingerprint density at radius 2 is 2.05 bits per heavy atom. The molecule has 2 N–H and O–H groups in total. The van der Waals surface area contributed by atoms with Gasteiger partial charge in [0, 0.05) is 5.56 Å². The Morgan fingerprint density at radius 1 is 1.35 bits per heavy atom. The number of nitrogens with one attached hydrogen (secondary N) is 1. The molecule has 0 radical (unpaired) electrons. The van der Waals surface area contributed by atoms with Crippen LogP contribution in [0.15, 0.2) is 24.3 Å². The summed E-state index contributed by atoms with van der Waals surface area (Å²) >= 11 is 0. The standard InChI is InChI=1S/C14H19NO5/c1-3-19-11-8-6-5-7-10(11)13(17)12(15-9-16)14(18)20-4-2/h5-9,12-13,17H,3-4H2,1-2H3,(H,15,16). The fourth-order valence-electron chi connectivity index (χ4n) is 1.78. The van der Waals surface area contributed by atoms with E-state index in [-0.39, 0.29) is 6.61 Å². The molecule has 1 aromatic carbocycles. The van der Waals surface area contributed by atoms with Gasteiger partial charge < -0.3 is 19.9 Å². The van der Waals surface area contributed by atoms with Crippen LogP contribution >= 0.6 is 0 Å². The maximum absolute atomic E-state index is 11.8. The van der Waals surface area contributed by atoms with Crippen molar-refractivity contribution in [3.8, 4) is 5.75 Å². The monoisotopic (exact) mass is 281 g/mol. The van der Waals surface area contributed by atoms with E-state index in [1.54, 1.807) is 31.2 Å². The fraction of sp³-hybridized carbons (Fsp3) is 0.429. The van der Waals surface area contributed by atoms with Crippen molar-refractivity contribution in [3.63, 3.8) is 0 Å². The molecule has 6 heteroatoms. The number of carbonyl (C=O) groups excluding carboxylic acids is 2. The molecule has 110 valence electrons. The smallest absolute Gasteiger partial charge is 0.331 e. The Kier molecular flexibility index (Phi) is 6.52. The molecule has 1 aromatic rings. The molecule has 2 unspecified atom stereocenters. The van der Waals surface area contributed by atoms with Crippen LogP contribution in [0.3, 0.4) is 0 Å². The molecule has 0 fully saturated rings. The van der Waals surface area contributed by atoms with Gasteiger partial charge in [-0.15, -0.1) is 0 Å². The van der Waals surface area contributed by atoms with Crippen molar-refractivity contribution in [2.24, 2.45) is 0 Å². The molecular formula is C14H19NO5. The zero-order valence-electron chi connectivity index (χ0n) is 11.5. The molecule has 2 atom stereocenters. The predicted molar refractivity (Wildman–Crippen MR) is 72.2 cm³/mol. The van der Waals surface area contributed by atoms with Gasteiger partial charge in [-0.3, -0.25) is 4.79 Å². The van der Waals surface area contributed by atoms with Gasteiger partial charge in [0.05, 0.1) is 13.2 Å². The third kappa shape index (κ3) is 3.96. The van der Waals surface area contributed by atoms with E-state index in [0.29, 0.717) is 24.3 Å². The average molecular weight is 281 g/mol. The van der Waals surface area contributed by atoms with Gasteiger partial charge in [-0.25, -0.2) is 4.79 Å². The minimum atomic E-state index is -1.25. The first-order valence-electron chi connectivity index (χ1n) is 6.41. The van der Waals surface area contributed by atoms with Gasteiger partial charge >= 0.3 is 5.97 Å². The lowest BCUT2D eigenvalue weighted by atomic mass is 10.0. The molecule has 0 aliphatic rings. The number of hydrogen-bond donors (Lipinski definition) is 2. The van der Waals surface area contributed by atoms with Crippen molar-refractivity contribution in [3.05, 3.63) is 29.8 Å². The SMILES string of the molecule is CCOC(=O)C(NC=O)C(O)c1ccccc1OCC. The number of amides is 1. The Bertz CT molecular complexity index is 449. The van der Waals surface area contributed by atoms with Gasteiger partial charge in [0.15, 0.2) is 6.04 Å². The van der Waals surface area contributed by atoms with Crippen LogP contribution in [0.5, 0.6) is 5.75 Å². The minimum Gasteiger partial charge on any atom is -0.493 e. The Balaban J connectivity index is 3.02. The first-order valence-corrected chi connectivity index (χ1v) is 6.41. The fourth-order valence-corrected chi connectivity index (χ4v) is 1.78.